The molecule has 0 radical (unpaired) electrons. The molecule has 13 nitrogen and oxygen atoms in total. The fraction of sp³-hybridized carbons (Fsp3) is 0.312. The molecule has 0 heterocycles. The van der Waals surface area contributed by atoms with Crippen LogP contribution < -0.4 is 25.0 Å². The molecule has 1 atom stereocenters. The molecule has 0 aliphatic heterocycles. The van der Waals surface area contributed by atoms with Gasteiger partial charge < -0.3 is 28.9 Å². The highest BCUT2D eigenvalue weighted by molar-refractivity contribution is 7.55. The molecule has 3 aromatic carbocycles. The van der Waals surface area contributed by atoms with Crippen molar-refractivity contribution >= 4 is 37.5 Å². The Morgan fingerprint density at radius 2 is 1.17 bits per heavy atom. The number of carboxylic acid groups (broad SMARTS) is 1. The van der Waals surface area contributed by atoms with Crippen molar-refractivity contribution in [1.29, 1.82) is 0 Å². The first-order valence-corrected chi connectivity index (χ1v) is 15.9. The van der Waals surface area contributed by atoms with E-state index in [2.05, 4.69) is 20.9 Å². The van der Waals surface area contributed by atoms with Crippen molar-refractivity contribution in [2.45, 2.75) is 64.9 Å². The van der Waals surface area contributed by atoms with Crippen LogP contribution in [0.2, 0.25) is 0 Å². The van der Waals surface area contributed by atoms with E-state index < -0.39 is 42.9 Å². The lowest BCUT2D eigenvalue weighted by atomic mass is 10.1. The molecule has 0 spiro atoms. The molecule has 3 aromatic rings. The van der Waals surface area contributed by atoms with Crippen LogP contribution in [0.4, 0.5) is 20.1 Å². The smallest absolute Gasteiger partial charge is 0.453 e. The molecule has 3 rings (SSSR count). The zero-order valence-corrected chi connectivity index (χ0v) is 27.4. The third-order valence-corrected chi connectivity index (χ3v) is 7.47. The number of aliphatic imine (C=N–C) groups is 1. The zero-order valence-electron chi connectivity index (χ0n) is 26.5. The standard InChI is InChI=1S/C32H39N4O9P/c1-31(2,3)42-29(39)35-27(36-30(40)43-32(4,5)6)33-23-19-17-22(18-20-23)21-26(34-28(37)38)46(41,44-24-13-9-7-10-14-24)45-25-15-11-8-12-16-25/h7-20,26,34H,21H2,1-6H3,(H,37,38)(H2,33,35,36,39,40). The van der Waals surface area contributed by atoms with Crippen LogP contribution in [0.5, 0.6) is 11.5 Å². The summed E-state index contributed by atoms with van der Waals surface area (Å²) in [5.41, 5.74) is -0.764. The van der Waals surface area contributed by atoms with Gasteiger partial charge in [0.25, 0.3) is 0 Å². The van der Waals surface area contributed by atoms with Gasteiger partial charge in [0.15, 0.2) is 5.78 Å². The van der Waals surface area contributed by atoms with E-state index in [0.717, 1.165) is 0 Å². The molecule has 3 amide bonds. The van der Waals surface area contributed by atoms with Gasteiger partial charge in [-0.25, -0.2) is 23.9 Å². The number of ether oxygens (including phenoxy) is 2. The highest BCUT2D eigenvalue weighted by Gasteiger charge is 2.41. The van der Waals surface area contributed by atoms with Gasteiger partial charge in [0.05, 0.1) is 5.69 Å². The molecule has 0 fully saturated rings. The van der Waals surface area contributed by atoms with Crippen LogP contribution in [0.25, 0.3) is 0 Å². The molecule has 1 unspecified atom stereocenters. The van der Waals surface area contributed by atoms with Crippen LogP contribution in [0.15, 0.2) is 89.9 Å². The second kappa shape index (κ2) is 15.3. The van der Waals surface area contributed by atoms with Gasteiger partial charge in [0.2, 0.25) is 5.96 Å². The van der Waals surface area contributed by atoms with Crippen molar-refractivity contribution in [3.05, 3.63) is 90.5 Å². The summed E-state index contributed by atoms with van der Waals surface area (Å²) < 4.78 is 36.5. The average molecular weight is 655 g/mol. The van der Waals surface area contributed by atoms with Gasteiger partial charge in [-0.3, -0.25) is 10.6 Å². The van der Waals surface area contributed by atoms with E-state index in [9.17, 15) is 24.1 Å². The number of alkyl carbamates (subject to hydrolysis) is 2. The fourth-order valence-corrected chi connectivity index (χ4v) is 5.56. The lowest BCUT2D eigenvalue weighted by Gasteiger charge is -2.27. The predicted octanol–water partition coefficient (Wildman–Crippen LogP) is 7.21. The average Bonchev–Trinajstić information content (AvgIpc) is 2.92. The Balaban J connectivity index is 1.90. The Hall–Kier alpha value is -5.03. The van der Waals surface area contributed by atoms with E-state index in [1.807, 2.05) is 0 Å². The van der Waals surface area contributed by atoms with Crippen molar-refractivity contribution in [2.24, 2.45) is 4.99 Å². The van der Waals surface area contributed by atoms with E-state index in [1.165, 1.54) is 0 Å². The van der Waals surface area contributed by atoms with Gasteiger partial charge in [-0.15, -0.1) is 0 Å². The Bertz CT molecular complexity index is 1470. The normalized spacial score (nSPS) is 12.1. The largest absolute Gasteiger partial charge is 0.465 e. The highest BCUT2D eigenvalue weighted by atomic mass is 31.2. The van der Waals surface area contributed by atoms with Crippen LogP contribution in [-0.2, 0) is 20.5 Å². The van der Waals surface area contributed by atoms with Crippen molar-refractivity contribution < 1.29 is 42.6 Å². The first kappa shape index (κ1) is 35.4. The molecular formula is C32H39N4O9P. The number of guanidine groups is 1. The molecule has 0 bridgehead atoms. The number of carbonyl (C=O) groups is 3. The minimum absolute atomic E-state index is 0.0909. The Kier molecular flexibility index (Phi) is 11.8. The summed E-state index contributed by atoms with van der Waals surface area (Å²) in [6.45, 7) is 10.1. The van der Waals surface area contributed by atoms with E-state index >= 15 is 0 Å². The molecule has 0 aromatic heterocycles. The van der Waals surface area contributed by atoms with Gasteiger partial charge in [0.1, 0.15) is 22.7 Å². The van der Waals surface area contributed by atoms with Gasteiger partial charge in [0, 0.05) is 6.42 Å². The van der Waals surface area contributed by atoms with E-state index in [-0.39, 0.29) is 23.9 Å². The minimum Gasteiger partial charge on any atom is -0.465 e. The summed E-state index contributed by atoms with van der Waals surface area (Å²) in [4.78, 5) is 41.0. The van der Waals surface area contributed by atoms with Crippen LogP contribution in [0, 0.1) is 0 Å². The molecule has 0 saturated heterocycles. The SMILES string of the molecule is CC(C)(C)OC(=O)NC(=Nc1ccc(CC(NC(=O)O)P(=O)(Oc2ccccc2)Oc2ccccc2)cc1)NC(=O)OC(C)(C)C. The van der Waals surface area contributed by atoms with Crippen molar-refractivity contribution in [2.75, 3.05) is 0 Å². The quantitative estimate of drug-likeness (QED) is 0.106. The monoisotopic (exact) mass is 654 g/mol. The fourth-order valence-electron chi connectivity index (χ4n) is 3.73. The number of para-hydroxylation sites is 2. The van der Waals surface area contributed by atoms with E-state index in [1.54, 1.807) is 126 Å². The van der Waals surface area contributed by atoms with Crippen LogP contribution in [-0.4, -0.2) is 46.3 Å². The van der Waals surface area contributed by atoms with E-state index in [0.29, 0.717) is 11.3 Å². The molecular weight excluding hydrogens is 615 g/mol. The van der Waals surface area contributed by atoms with Gasteiger partial charge >= 0.3 is 25.9 Å². The summed E-state index contributed by atoms with van der Waals surface area (Å²) in [5.74, 6) is -1.12. The van der Waals surface area contributed by atoms with Crippen LogP contribution in [0.1, 0.15) is 47.1 Å². The highest BCUT2D eigenvalue weighted by Crippen LogP contribution is 2.53. The first-order valence-electron chi connectivity index (χ1n) is 14.3. The number of nitrogens with one attached hydrogen (secondary N) is 3. The van der Waals surface area contributed by atoms with Crippen molar-refractivity contribution in [3.8, 4) is 11.5 Å². The van der Waals surface area contributed by atoms with Crippen LogP contribution in [0.3, 0.4) is 0 Å². The van der Waals surface area contributed by atoms with Gasteiger partial charge in [-0.2, -0.15) is 0 Å². The zero-order chi connectivity index (χ0) is 34.0. The second-order valence-electron chi connectivity index (χ2n) is 11.9. The molecule has 0 aliphatic rings. The van der Waals surface area contributed by atoms with E-state index in [4.69, 9.17) is 18.5 Å². The van der Waals surface area contributed by atoms with Gasteiger partial charge in [-0.05, 0) is 83.5 Å². The Morgan fingerprint density at radius 3 is 1.57 bits per heavy atom. The maximum atomic E-state index is 14.3. The number of rotatable bonds is 9. The first-order chi connectivity index (χ1) is 21.5. The summed E-state index contributed by atoms with van der Waals surface area (Å²) in [6, 6.07) is 22.9. The number of hydrogen-bond donors (Lipinski definition) is 4. The van der Waals surface area contributed by atoms with Crippen LogP contribution >= 0.6 is 7.60 Å². The predicted molar refractivity (Wildman–Crippen MR) is 173 cm³/mol. The Morgan fingerprint density at radius 1 is 0.739 bits per heavy atom. The van der Waals surface area contributed by atoms with Crippen molar-refractivity contribution in [1.82, 2.24) is 16.0 Å². The third-order valence-electron chi connectivity index (χ3n) is 5.47. The lowest BCUT2D eigenvalue weighted by molar-refractivity contribution is 0.0545. The molecule has 246 valence electrons. The lowest BCUT2D eigenvalue weighted by Crippen LogP contribution is -2.47. The summed E-state index contributed by atoms with van der Waals surface area (Å²) >= 11 is 0. The molecule has 14 heteroatoms. The number of nitrogens with zero attached hydrogens (tertiary/aromatic N) is 1. The number of benzene rings is 3. The number of hydrogen-bond acceptors (Lipinski definition) is 9. The van der Waals surface area contributed by atoms with Crippen molar-refractivity contribution in [3.63, 3.8) is 0 Å². The number of carbonyl (C=O) groups excluding carboxylic acids is 2. The summed E-state index contributed by atoms with van der Waals surface area (Å²) in [5, 5.41) is 16.7. The Labute approximate surface area is 267 Å². The van der Waals surface area contributed by atoms with Gasteiger partial charge in [-0.1, -0.05) is 48.5 Å². The summed E-state index contributed by atoms with van der Waals surface area (Å²) in [7, 11) is -4.24. The topological polar surface area (TPSA) is 174 Å². The molecule has 4 N–H and O–H groups in total. The number of amides is 3. The maximum Gasteiger partial charge on any atom is 0.453 e. The third kappa shape index (κ3) is 12.5. The maximum absolute atomic E-state index is 14.3. The molecule has 0 saturated carbocycles. The minimum atomic E-state index is -4.24. The molecule has 0 aliphatic carbocycles. The molecule has 46 heavy (non-hydrogen) atoms. The second-order valence-corrected chi connectivity index (χ2v) is 14.0. The summed E-state index contributed by atoms with van der Waals surface area (Å²) in [6.07, 6.45) is -3.22.